The molecule has 168 valence electrons. The molecule has 0 saturated carbocycles. The van der Waals surface area contributed by atoms with Gasteiger partial charge in [0, 0.05) is 37.4 Å². The second-order valence-corrected chi connectivity index (χ2v) is 9.35. The normalized spacial score (nSPS) is 15.5. The van der Waals surface area contributed by atoms with Crippen LogP contribution < -0.4 is 10.2 Å². The summed E-state index contributed by atoms with van der Waals surface area (Å²) < 4.78 is 0. The first-order valence-corrected chi connectivity index (χ1v) is 11.1. The van der Waals surface area contributed by atoms with Crippen LogP contribution in [-0.2, 0) is 10.2 Å². The Hall–Kier alpha value is -3.33. The zero-order chi connectivity index (χ0) is 23.3. The molecule has 0 spiro atoms. The van der Waals surface area contributed by atoms with E-state index in [0.29, 0.717) is 30.8 Å². The number of hydrogen-bond donors (Lipinski definition) is 1. The predicted octanol–water partition coefficient (Wildman–Crippen LogP) is 3.71. The van der Waals surface area contributed by atoms with Gasteiger partial charge in [-0.15, -0.1) is 0 Å². The lowest BCUT2D eigenvalue weighted by Crippen LogP contribution is -2.48. The summed E-state index contributed by atoms with van der Waals surface area (Å²) >= 11 is 0. The highest BCUT2D eigenvalue weighted by molar-refractivity contribution is 5.97. The Morgan fingerprint density at radius 2 is 1.62 bits per heavy atom. The van der Waals surface area contributed by atoms with Crippen LogP contribution in [0.1, 0.15) is 55.6 Å². The number of benzene rings is 2. The molecule has 0 bridgehead atoms. The van der Waals surface area contributed by atoms with Crippen molar-refractivity contribution in [3.05, 3.63) is 65.2 Å². The Balaban J connectivity index is 1.57. The van der Waals surface area contributed by atoms with Crippen LogP contribution in [0.15, 0.2) is 48.5 Å². The molecule has 1 fully saturated rings. The Kier molecular flexibility index (Phi) is 7.19. The highest BCUT2D eigenvalue weighted by Gasteiger charge is 2.25. The average molecular weight is 433 g/mol. The number of carbonyl (C=O) groups is 2. The number of anilines is 1. The topological polar surface area (TPSA) is 76.4 Å². The Morgan fingerprint density at radius 1 is 0.969 bits per heavy atom. The summed E-state index contributed by atoms with van der Waals surface area (Å²) in [6.07, 6.45) is 0.848. The van der Waals surface area contributed by atoms with Crippen LogP contribution >= 0.6 is 0 Å². The van der Waals surface area contributed by atoms with Crippen molar-refractivity contribution in [3.8, 4) is 6.07 Å². The van der Waals surface area contributed by atoms with E-state index in [1.165, 1.54) is 0 Å². The van der Waals surface area contributed by atoms with Crippen LogP contribution in [-0.4, -0.2) is 48.9 Å². The molecule has 1 saturated heterocycles. The number of rotatable bonds is 4. The molecule has 0 aliphatic carbocycles. The van der Waals surface area contributed by atoms with Gasteiger partial charge in [-0.3, -0.25) is 9.59 Å². The van der Waals surface area contributed by atoms with Crippen molar-refractivity contribution >= 4 is 17.5 Å². The van der Waals surface area contributed by atoms with E-state index < -0.39 is 6.04 Å². The van der Waals surface area contributed by atoms with Crippen molar-refractivity contribution in [3.63, 3.8) is 0 Å². The van der Waals surface area contributed by atoms with Gasteiger partial charge in [0.2, 0.25) is 5.91 Å². The molecule has 1 N–H and O–H groups in total. The lowest BCUT2D eigenvalue weighted by molar-refractivity contribution is -0.132. The first-order chi connectivity index (χ1) is 15.2. The zero-order valence-electron chi connectivity index (χ0n) is 19.4. The molecule has 1 aliphatic rings. The van der Waals surface area contributed by atoms with E-state index in [1.807, 2.05) is 53.4 Å². The van der Waals surface area contributed by atoms with Crippen LogP contribution in [0.4, 0.5) is 5.69 Å². The fourth-order valence-electron chi connectivity index (χ4n) is 3.88. The number of hydrogen-bond acceptors (Lipinski definition) is 4. The predicted molar refractivity (Wildman–Crippen MR) is 127 cm³/mol. The third-order valence-corrected chi connectivity index (χ3v) is 5.90. The highest BCUT2D eigenvalue weighted by Crippen LogP contribution is 2.22. The molecule has 2 aromatic rings. The molecular weight excluding hydrogens is 400 g/mol. The van der Waals surface area contributed by atoms with Crippen molar-refractivity contribution in [2.75, 3.05) is 31.1 Å². The van der Waals surface area contributed by atoms with Gasteiger partial charge in [-0.05, 0) is 60.7 Å². The zero-order valence-corrected chi connectivity index (χ0v) is 19.4. The minimum atomic E-state index is -0.591. The van der Waals surface area contributed by atoms with Crippen LogP contribution in [0.5, 0.6) is 0 Å². The van der Waals surface area contributed by atoms with Gasteiger partial charge >= 0.3 is 0 Å². The summed E-state index contributed by atoms with van der Waals surface area (Å²) in [6.45, 7) is 11.0. The third-order valence-electron chi connectivity index (χ3n) is 5.90. The van der Waals surface area contributed by atoms with Crippen LogP contribution in [0.25, 0.3) is 0 Å². The van der Waals surface area contributed by atoms with E-state index in [9.17, 15) is 9.59 Å². The van der Waals surface area contributed by atoms with Crippen molar-refractivity contribution in [2.45, 2.75) is 45.6 Å². The standard InChI is InChI=1S/C26H32N4O2/c1-19(28-24(31)21-8-10-22(11-9-21)26(2,3)4)25(32)30-15-5-14-29(16-17-30)23-12-6-20(18-27)7-13-23/h6-13,19H,5,14-17H2,1-4H3,(H,28,31). The second-order valence-electron chi connectivity index (χ2n) is 9.35. The van der Waals surface area contributed by atoms with E-state index in [1.54, 1.807) is 6.92 Å². The summed E-state index contributed by atoms with van der Waals surface area (Å²) in [5.74, 6) is -0.299. The van der Waals surface area contributed by atoms with Gasteiger partial charge < -0.3 is 15.1 Å². The fourth-order valence-corrected chi connectivity index (χ4v) is 3.88. The molecule has 1 aliphatic heterocycles. The van der Waals surface area contributed by atoms with E-state index in [0.717, 1.165) is 24.2 Å². The maximum Gasteiger partial charge on any atom is 0.251 e. The minimum Gasteiger partial charge on any atom is -0.370 e. The molecule has 2 amide bonds. The molecule has 1 unspecified atom stereocenters. The number of nitrogens with one attached hydrogen (secondary N) is 1. The molecule has 0 radical (unpaired) electrons. The number of nitrogens with zero attached hydrogens (tertiary/aromatic N) is 3. The summed E-state index contributed by atoms with van der Waals surface area (Å²) in [6, 6.07) is 16.6. The van der Waals surface area contributed by atoms with Gasteiger partial charge in [0.25, 0.3) is 5.91 Å². The molecule has 1 atom stereocenters. The minimum absolute atomic E-state index is 0.0245. The van der Waals surface area contributed by atoms with E-state index in [2.05, 4.69) is 37.1 Å². The second kappa shape index (κ2) is 9.86. The molecule has 3 rings (SSSR count). The number of nitriles is 1. The van der Waals surface area contributed by atoms with Gasteiger partial charge in [0.15, 0.2) is 0 Å². The summed E-state index contributed by atoms with van der Waals surface area (Å²) in [7, 11) is 0. The molecule has 6 nitrogen and oxygen atoms in total. The van der Waals surface area contributed by atoms with E-state index >= 15 is 0 Å². The maximum atomic E-state index is 13.0. The quantitative estimate of drug-likeness (QED) is 0.799. The first-order valence-electron chi connectivity index (χ1n) is 11.1. The SMILES string of the molecule is CC(NC(=O)c1ccc(C(C)(C)C)cc1)C(=O)N1CCCN(c2ccc(C#N)cc2)CC1. The summed E-state index contributed by atoms with van der Waals surface area (Å²) in [5.41, 5.74) is 3.43. The molecule has 0 aromatic heterocycles. The monoisotopic (exact) mass is 432 g/mol. The van der Waals surface area contributed by atoms with Gasteiger partial charge in [0.1, 0.15) is 6.04 Å². The van der Waals surface area contributed by atoms with Crippen LogP contribution in [0, 0.1) is 11.3 Å². The lowest BCUT2D eigenvalue weighted by atomic mass is 9.86. The summed E-state index contributed by atoms with van der Waals surface area (Å²) in [5, 5.41) is 11.8. The van der Waals surface area contributed by atoms with Crippen molar-refractivity contribution < 1.29 is 9.59 Å². The molecule has 32 heavy (non-hydrogen) atoms. The van der Waals surface area contributed by atoms with Crippen molar-refractivity contribution in [1.82, 2.24) is 10.2 Å². The Labute approximate surface area is 190 Å². The maximum absolute atomic E-state index is 13.0. The van der Waals surface area contributed by atoms with Gasteiger partial charge in [0.05, 0.1) is 11.6 Å². The third kappa shape index (κ3) is 5.67. The van der Waals surface area contributed by atoms with Gasteiger partial charge in [-0.25, -0.2) is 0 Å². The van der Waals surface area contributed by atoms with Gasteiger partial charge in [-0.2, -0.15) is 5.26 Å². The molecule has 2 aromatic carbocycles. The average Bonchev–Trinajstić information content (AvgIpc) is 3.04. The molecular formula is C26H32N4O2. The lowest BCUT2D eigenvalue weighted by Gasteiger charge is -2.26. The molecule has 6 heteroatoms. The van der Waals surface area contributed by atoms with Gasteiger partial charge in [-0.1, -0.05) is 32.9 Å². The van der Waals surface area contributed by atoms with Crippen molar-refractivity contribution in [1.29, 1.82) is 5.26 Å². The Bertz CT molecular complexity index is 984. The van der Waals surface area contributed by atoms with E-state index in [-0.39, 0.29) is 17.2 Å². The van der Waals surface area contributed by atoms with Crippen LogP contribution in [0.2, 0.25) is 0 Å². The van der Waals surface area contributed by atoms with Crippen LogP contribution in [0.3, 0.4) is 0 Å². The number of amides is 2. The fraction of sp³-hybridized carbons (Fsp3) is 0.423. The van der Waals surface area contributed by atoms with E-state index in [4.69, 9.17) is 5.26 Å². The van der Waals surface area contributed by atoms with Crippen molar-refractivity contribution in [2.24, 2.45) is 0 Å². The largest absolute Gasteiger partial charge is 0.370 e. The first kappa shape index (κ1) is 23.3. The molecule has 1 heterocycles. The summed E-state index contributed by atoms with van der Waals surface area (Å²) in [4.78, 5) is 29.7. The Morgan fingerprint density at radius 3 is 2.22 bits per heavy atom. The smallest absolute Gasteiger partial charge is 0.251 e. The highest BCUT2D eigenvalue weighted by atomic mass is 16.2. The number of carbonyl (C=O) groups excluding carboxylic acids is 2.